The SMILES string of the molecule is N#CC[N+]1(C(=O)O)C=Cc2ccccc21. The van der Waals surface area contributed by atoms with Gasteiger partial charge in [0.1, 0.15) is 12.3 Å². The predicted octanol–water partition coefficient (Wildman–Crippen LogP) is 2.18. The van der Waals surface area contributed by atoms with Crippen LogP contribution in [-0.2, 0) is 0 Å². The van der Waals surface area contributed by atoms with Crippen molar-refractivity contribution in [2.75, 3.05) is 6.54 Å². The molecule has 0 saturated heterocycles. The molecule has 1 N–H and O–H groups in total. The van der Waals surface area contributed by atoms with Crippen LogP contribution in [0.15, 0.2) is 30.5 Å². The van der Waals surface area contributed by atoms with Gasteiger partial charge in [0.2, 0.25) is 0 Å². The summed E-state index contributed by atoms with van der Waals surface area (Å²) >= 11 is 0. The number of amides is 1. The van der Waals surface area contributed by atoms with E-state index in [1.165, 1.54) is 6.20 Å². The molecule has 4 heteroatoms. The molecular formula is C11H9N2O2+. The van der Waals surface area contributed by atoms with E-state index in [0.717, 1.165) is 5.56 Å². The Labute approximate surface area is 86.9 Å². The molecule has 0 spiro atoms. The Morgan fingerprint density at radius 2 is 2.20 bits per heavy atom. The Morgan fingerprint density at radius 1 is 1.47 bits per heavy atom. The molecule has 15 heavy (non-hydrogen) atoms. The van der Waals surface area contributed by atoms with Crippen molar-refractivity contribution in [2.24, 2.45) is 0 Å². The number of hydrogen-bond acceptors (Lipinski definition) is 2. The third-order valence-electron chi connectivity index (χ3n) is 2.54. The minimum atomic E-state index is -1.03. The van der Waals surface area contributed by atoms with Gasteiger partial charge >= 0.3 is 6.09 Å². The number of nitriles is 1. The van der Waals surface area contributed by atoms with Crippen molar-refractivity contribution in [3.05, 3.63) is 36.0 Å². The molecule has 1 aromatic carbocycles. The van der Waals surface area contributed by atoms with Crippen LogP contribution in [-0.4, -0.2) is 17.7 Å². The first kappa shape index (κ1) is 9.44. The normalized spacial score (nSPS) is 22.1. The van der Waals surface area contributed by atoms with Crippen LogP contribution in [0.1, 0.15) is 5.56 Å². The van der Waals surface area contributed by atoms with Crippen molar-refractivity contribution in [2.45, 2.75) is 0 Å². The Balaban J connectivity index is 2.60. The minimum absolute atomic E-state index is 0.0944. The number of hydrogen-bond donors (Lipinski definition) is 1. The third-order valence-corrected chi connectivity index (χ3v) is 2.54. The standard InChI is InChI=1S/C11H8N2O2/c12-6-8-13(11(14)15)7-5-9-3-1-2-4-10(9)13/h1-5,7H,8H2/p+1. The molecule has 1 atom stereocenters. The first-order chi connectivity index (χ1) is 7.20. The zero-order valence-electron chi connectivity index (χ0n) is 7.92. The van der Waals surface area contributed by atoms with E-state index >= 15 is 0 Å². The molecule has 0 bridgehead atoms. The second-order valence-electron chi connectivity index (χ2n) is 3.34. The van der Waals surface area contributed by atoms with Gasteiger partial charge in [0, 0.05) is 17.7 Å². The average molecular weight is 201 g/mol. The lowest BCUT2D eigenvalue weighted by atomic mass is 10.2. The maximum atomic E-state index is 11.2. The molecule has 1 aliphatic heterocycles. The summed E-state index contributed by atoms with van der Waals surface area (Å²) in [4.78, 5) is 11.2. The van der Waals surface area contributed by atoms with E-state index in [-0.39, 0.29) is 6.54 Å². The quantitative estimate of drug-likeness (QED) is 0.559. The molecule has 0 aliphatic carbocycles. The van der Waals surface area contributed by atoms with Crippen molar-refractivity contribution < 1.29 is 9.90 Å². The van der Waals surface area contributed by atoms with E-state index < -0.39 is 10.6 Å². The summed E-state index contributed by atoms with van der Waals surface area (Å²) in [5, 5.41) is 17.9. The smallest absolute Gasteiger partial charge is 0.435 e. The number of fused-ring (bicyclic) bond motifs is 1. The molecule has 0 aromatic heterocycles. The Bertz CT molecular complexity index is 488. The summed E-state index contributed by atoms with van der Waals surface area (Å²) in [5.74, 6) is 0. The average Bonchev–Trinajstić information content (AvgIpc) is 2.60. The maximum Gasteiger partial charge on any atom is 0.524 e. The fourth-order valence-electron chi connectivity index (χ4n) is 1.76. The van der Waals surface area contributed by atoms with E-state index in [2.05, 4.69) is 0 Å². The van der Waals surface area contributed by atoms with Gasteiger partial charge in [0.25, 0.3) is 0 Å². The first-order valence-electron chi connectivity index (χ1n) is 4.48. The zero-order chi connectivity index (χ0) is 10.9. The first-order valence-corrected chi connectivity index (χ1v) is 4.48. The van der Waals surface area contributed by atoms with Gasteiger partial charge in [-0.2, -0.15) is 14.5 Å². The Kier molecular flexibility index (Phi) is 2.03. The monoisotopic (exact) mass is 201 g/mol. The summed E-state index contributed by atoms with van der Waals surface area (Å²) in [6.07, 6.45) is 2.24. The molecule has 0 radical (unpaired) electrons. The van der Waals surface area contributed by atoms with Crippen LogP contribution >= 0.6 is 0 Å². The van der Waals surface area contributed by atoms with Gasteiger partial charge in [-0.15, -0.1) is 0 Å². The molecule has 1 aliphatic rings. The summed E-state index contributed by atoms with van der Waals surface area (Å²) in [6.45, 7) is -0.0944. The highest BCUT2D eigenvalue weighted by Gasteiger charge is 2.42. The van der Waals surface area contributed by atoms with Crippen LogP contribution in [0.2, 0.25) is 0 Å². The van der Waals surface area contributed by atoms with E-state index in [1.54, 1.807) is 18.2 Å². The lowest BCUT2D eigenvalue weighted by Gasteiger charge is -2.22. The molecule has 0 fully saturated rings. The molecule has 0 saturated carbocycles. The molecule has 1 heterocycles. The van der Waals surface area contributed by atoms with Gasteiger partial charge in [-0.25, -0.2) is 0 Å². The lowest BCUT2D eigenvalue weighted by Crippen LogP contribution is -2.47. The van der Waals surface area contributed by atoms with Gasteiger partial charge in [0.05, 0.1) is 0 Å². The van der Waals surface area contributed by atoms with E-state index in [1.807, 2.05) is 18.2 Å². The second kappa shape index (κ2) is 3.23. The van der Waals surface area contributed by atoms with Gasteiger partial charge in [-0.3, -0.25) is 0 Å². The fourth-order valence-corrected chi connectivity index (χ4v) is 1.76. The number of para-hydroxylation sites is 1. The van der Waals surface area contributed by atoms with E-state index in [4.69, 9.17) is 5.26 Å². The van der Waals surface area contributed by atoms with Gasteiger partial charge < -0.3 is 5.11 Å². The van der Waals surface area contributed by atoms with Crippen molar-refractivity contribution in [1.82, 2.24) is 4.48 Å². The molecule has 2 rings (SSSR count). The van der Waals surface area contributed by atoms with Crippen molar-refractivity contribution in [3.8, 4) is 6.07 Å². The summed E-state index contributed by atoms with van der Waals surface area (Å²) in [6, 6.07) is 9.11. The number of nitrogens with zero attached hydrogens (tertiary/aromatic N) is 2. The van der Waals surface area contributed by atoms with E-state index in [9.17, 15) is 9.90 Å². The predicted molar refractivity (Wildman–Crippen MR) is 55.8 cm³/mol. The molecule has 4 nitrogen and oxygen atoms in total. The number of rotatable bonds is 1. The van der Waals surface area contributed by atoms with Crippen LogP contribution in [0.4, 0.5) is 10.5 Å². The van der Waals surface area contributed by atoms with Gasteiger partial charge in [0.15, 0.2) is 12.2 Å². The number of quaternary nitrogens is 1. The highest BCUT2D eigenvalue weighted by molar-refractivity contribution is 5.91. The van der Waals surface area contributed by atoms with Gasteiger partial charge in [-0.1, -0.05) is 12.1 Å². The highest BCUT2D eigenvalue weighted by Crippen LogP contribution is 2.35. The van der Waals surface area contributed by atoms with Crippen molar-refractivity contribution >= 4 is 17.9 Å². The topological polar surface area (TPSA) is 61.1 Å². The Morgan fingerprint density at radius 3 is 2.87 bits per heavy atom. The minimum Gasteiger partial charge on any atom is -0.435 e. The second-order valence-corrected chi connectivity index (χ2v) is 3.34. The largest absolute Gasteiger partial charge is 0.524 e. The van der Waals surface area contributed by atoms with E-state index in [0.29, 0.717) is 5.69 Å². The zero-order valence-corrected chi connectivity index (χ0v) is 7.92. The fraction of sp³-hybridized carbons (Fsp3) is 0.0909. The maximum absolute atomic E-state index is 11.2. The molecule has 74 valence electrons. The Hall–Kier alpha value is -2.12. The van der Waals surface area contributed by atoms with Crippen molar-refractivity contribution in [1.29, 1.82) is 5.26 Å². The molecule has 1 aromatic rings. The summed E-state index contributed by atoms with van der Waals surface area (Å²) in [5.41, 5.74) is 1.50. The van der Waals surface area contributed by atoms with Crippen molar-refractivity contribution in [3.63, 3.8) is 0 Å². The van der Waals surface area contributed by atoms with Gasteiger partial charge in [-0.05, 0) is 6.07 Å². The highest BCUT2D eigenvalue weighted by atomic mass is 16.4. The number of benzene rings is 1. The summed E-state index contributed by atoms with van der Waals surface area (Å²) in [7, 11) is 0. The summed E-state index contributed by atoms with van der Waals surface area (Å²) < 4.78 is -0.424. The molecular weight excluding hydrogens is 192 g/mol. The number of carbonyl (C=O) groups is 1. The van der Waals surface area contributed by atoms with Crippen LogP contribution in [0, 0.1) is 11.3 Å². The van der Waals surface area contributed by atoms with Crippen LogP contribution in [0.25, 0.3) is 6.08 Å². The third kappa shape index (κ3) is 1.22. The molecule has 1 unspecified atom stereocenters. The molecule has 1 amide bonds. The van der Waals surface area contributed by atoms with Crippen LogP contribution in [0.5, 0.6) is 0 Å². The lowest BCUT2D eigenvalue weighted by molar-refractivity contribution is 0.168. The number of carboxylic acid groups (broad SMARTS) is 1. The van der Waals surface area contributed by atoms with Crippen LogP contribution in [0.3, 0.4) is 0 Å². The van der Waals surface area contributed by atoms with Crippen LogP contribution < -0.4 is 4.48 Å².